The minimum atomic E-state index is -0.414. The lowest BCUT2D eigenvalue weighted by Crippen LogP contribution is -2.30. The van der Waals surface area contributed by atoms with Crippen molar-refractivity contribution in [3.63, 3.8) is 0 Å². The summed E-state index contributed by atoms with van der Waals surface area (Å²) in [6.07, 6.45) is 2.56. The lowest BCUT2D eigenvalue weighted by Gasteiger charge is -2.18. The normalized spacial score (nSPS) is 12.2. The number of aromatic amines is 1. The van der Waals surface area contributed by atoms with Crippen LogP contribution < -0.4 is 5.32 Å². The highest BCUT2D eigenvalue weighted by Gasteiger charge is 2.23. The molecule has 2 N–H and O–H groups in total. The Morgan fingerprint density at radius 1 is 0.929 bits per heavy atom. The minimum absolute atomic E-state index is 0.0582. The Hall–Kier alpha value is -2.88. The molecule has 0 radical (unpaired) electrons. The topological polar surface area (TPSA) is 44.9 Å². The number of aromatic nitrogens is 1. The highest BCUT2D eigenvalue weighted by Crippen LogP contribution is 2.25. The number of para-hydroxylation sites is 1. The Bertz CT molecular complexity index is 1090. The first kappa shape index (κ1) is 18.5. The summed E-state index contributed by atoms with van der Waals surface area (Å²) in [7, 11) is 0. The van der Waals surface area contributed by atoms with Gasteiger partial charge in [-0.25, -0.2) is 0 Å². The second kappa shape index (κ2) is 8.42. The largest absolute Gasteiger partial charge is 0.360 e. The smallest absolute Gasteiger partial charge is 0.186 e. The molecule has 1 aromatic heterocycles. The molecule has 0 bridgehead atoms. The molecule has 0 fully saturated rings. The van der Waals surface area contributed by atoms with Crippen molar-refractivity contribution < 1.29 is 4.79 Å². The van der Waals surface area contributed by atoms with E-state index in [0.29, 0.717) is 12.1 Å². The monoisotopic (exact) mass is 388 g/mol. The Morgan fingerprint density at radius 2 is 1.64 bits per heavy atom. The summed E-state index contributed by atoms with van der Waals surface area (Å²) in [6, 6.07) is 25.1. The van der Waals surface area contributed by atoms with E-state index in [2.05, 4.69) is 10.3 Å². The molecule has 4 heteroatoms. The highest BCUT2D eigenvalue weighted by molar-refractivity contribution is 6.31. The van der Waals surface area contributed by atoms with Crippen LogP contribution >= 0.6 is 11.6 Å². The van der Waals surface area contributed by atoms with Crippen LogP contribution in [0.2, 0.25) is 5.02 Å². The first-order valence-electron chi connectivity index (χ1n) is 9.36. The molecule has 140 valence electrons. The van der Waals surface area contributed by atoms with Gasteiger partial charge < -0.3 is 10.3 Å². The standard InChI is InChI=1S/C24H21ClN2O/c25-21-12-6-4-8-17(21)14-15-26-23(18-9-2-1-3-10-18)24(28)20-16-27-22-13-7-5-11-19(20)22/h1-13,16,23,26-27H,14-15H2. The number of fused-ring (bicyclic) bond motifs is 1. The maximum absolute atomic E-state index is 13.4. The molecule has 3 nitrogen and oxygen atoms in total. The van der Waals surface area contributed by atoms with E-state index >= 15 is 0 Å². The van der Waals surface area contributed by atoms with E-state index < -0.39 is 6.04 Å². The molecule has 4 rings (SSSR count). The fourth-order valence-corrected chi connectivity index (χ4v) is 3.72. The number of hydrogen-bond donors (Lipinski definition) is 2. The molecule has 0 spiro atoms. The fourth-order valence-electron chi connectivity index (χ4n) is 3.49. The van der Waals surface area contributed by atoms with Crippen LogP contribution in [0.5, 0.6) is 0 Å². The van der Waals surface area contributed by atoms with E-state index in [9.17, 15) is 4.79 Å². The fraction of sp³-hybridized carbons (Fsp3) is 0.125. The molecule has 4 aromatic rings. The summed E-state index contributed by atoms with van der Waals surface area (Å²) in [6.45, 7) is 0.650. The number of Topliss-reactive ketones (excluding diaryl/α,β-unsaturated/α-hetero) is 1. The number of hydrogen-bond acceptors (Lipinski definition) is 2. The number of carbonyl (C=O) groups excluding carboxylic acids is 1. The molecule has 1 heterocycles. The van der Waals surface area contributed by atoms with Gasteiger partial charge in [-0.15, -0.1) is 0 Å². The first-order valence-corrected chi connectivity index (χ1v) is 9.74. The number of nitrogens with one attached hydrogen (secondary N) is 2. The third kappa shape index (κ3) is 3.86. The molecule has 1 atom stereocenters. The van der Waals surface area contributed by atoms with Gasteiger partial charge in [-0.05, 0) is 29.7 Å². The zero-order chi connectivity index (χ0) is 19.3. The Labute approximate surface area is 169 Å². The molecular formula is C24H21ClN2O. The van der Waals surface area contributed by atoms with Crippen molar-refractivity contribution in [2.45, 2.75) is 12.5 Å². The number of ketones is 1. The lowest BCUT2D eigenvalue weighted by molar-refractivity contribution is 0.0945. The maximum atomic E-state index is 13.4. The van der Waals surface area contributed by atoms with Gasteiger partial charge in [0.2, 0.25) is 0 Å². The van der Waals surface area contributed by atoms with E-state index in [-0.39, 0.29) is 5.78 Å². The summed E-state index contributed by atoms with van der Waals surface area (Å²) >= 11 is 6.27. The van der Waals surface area contributed by atoms with Crippen LogP contribution in [0.25, 0.3) is 10.9 Å². The van der Waals surface area contributed by atoms with Crippen molar-refractivity contribution in [3.8, 4) is 0 Å². The average molecular weight is 389 g/mol. The van der Waals surface area contributed by atoms with E-state index in [4.69, 9.17) is 11.6 Å². The molecule has 1 unspecified atom stereocenters. The molecule has 0 aliphatic carbocycles. The number of rotatable bonds is 7. The molecule has 0 aliphatic rings. The van der Waals surface area contributed by atoms with Crippen LogP contribution in [-0.4, -0.2) is 17.3 Å². The zero-order valence-corrected chi connectivity index (χ0v) is 16.1. The van der Waals surface area contributed by atoms with Gasteiger partial charge in [0.1, 0.15) is 0 Å². The lowest BCUT2D eigenvalue weighted by atomic mass is 9.96. The Kier molecular flexibility index (Phi) is 5.56. The predicted molar refractivity (Wildman–Crippen MR) is 115 cm³/mol. The van der Waals surface area contributed by atoms with Crippen molar-refractivity contribution >= 4 is 28.3 Å². The van der Waals surface area contributed by atoms with Crippen LogP contribution in [-0.2, 0) is 6.42 Å². The second-order valence-corrected chi connectivity index (χ2v) is 7.16. The van der Waals surface area contributed by atoms with Crippen LogP contribution in [0.1, 0.15) is 27.5 Å². The zero-order valence-electron chi connectivity index (χ0n) is 15.4. The summed E-state index contributed by atoms with van der Waals surface area (Å²) in [4.78, 5) is 16.6. The molecular weight excluding hydrogens is 368 g/mol. The van der Waals surface area contributed by atoms with E-state index in [1.165, 1.54) is 0 Å². The van der Waals surface area contributed by atoms with Crippen LogP contribution in [0.3, 0.4) is 0 Å². The van der Waals surface area contributed by atoms with Gasteiger partial charge in [-0.1, -0.05) is 78.3 Å². The number of halogens is 1. The quantitative estimate of drug-likeness (QED) is 0.406. The molecule has 28 heavy (non-hydrogen) atoms. The summed E-state index contributed by atoms with van der Waals surface area (Å²) in [5.41, 5.74) is 3.70. The van der Waals surface area contributed by atoms with Gasteiger partial charge in [0.25, 0.3) is 0 Å². The highest BCUT2D eigenvalue weighted by atomic mass is 35.5. The van der Waals surface area contributed by atoms with E-state index in [1.807, 2.05) is 78.9 Å². The number of H-pyrrole nitrogens is 1. The first-order chi connectivity index (χ1) is 13.7. The summed E-state index contributed by atoms with van der Waals surface area (Å²) in [5, 5.41) is 5.14. The maximum Gasteiger partial charge on any atom is 0.186 e. The van der Waals surface area contributed by atoms with Crippen molar-refractivity contribution in [2.75, 3.05) is 6.54 Å². The van der Waals surface area contributed by atoms with Crippen LogP contribution in [0.4, 0.5) is 0 Å². The summed E-state index contributed by atoms with van der Waals surface area (Å²) in [5.74, 6) is 0.0582. The predicted octanol–water partition coefficient (Wildman–Crippen LogP) is 5.58. The third-order valence-corrected chi connectivity index (χ3v) is 5.32. The molecule has 0 amide bonds. The Balaban J connectivity index is 1.59. The van der Waals surface area contributed by atoms with Crippen LogP contribution in [0, 0.1) is 0 Å². The van der Waals surface area contributed by atoms with Crippen molar-refractivity contribution in [1.29, 1.82) is 0 Å². The third-order valence-electron chi connectivity index (χ3n) is 4.95. The van der Waals surface area contributed by atoms with Crippen molar-refractivity contribution in [1.82, 2.24) is 10.3 Å². The van der Waals surface area contributed by atoms with Gasteiger partial charge in [-0.2, -0.15) is 0 Å². The molecule has 0 saturated carbocycles. The SMILES string of the molecule is O=C(c1c[nH]c2ccccc12)C(NCCc1ccccc1Cl)c1ccccc1. The molecule has 0 saturated heterocycles. The second-order valence-electron chi connectivity index (χ2n) is 6.75. The van der Waals surface area contributed by atoms with E-state index in [0.717, 1.165) is 33.5 Å². The average Bonchev–Trinajstić information content (AvgIpc) is 3.17. The van der Waals surface area contributed by atoms with Gasteiger partial charge in [0.05, 0.1) is 6.04 Å². The van der Waals surface area contributed by atoms with Crippen molar-refractivity contribution in [3.05, 3.63) is 107 Å². The van der Waals surface area contributed by atoms with Crippen molar-refractivity contribution in [2.24, 2.45) is 0 Å². The summed E-state index contributed by atoms with van der Waals surface area (Å²) < 4.78 is 0. The van der Waals surface area contributed by atoms with Gasteiger partial charge >= 0.3 is 0 Å². The molecule has 3 aromatic carbocycles. The Morgan fingerprint density at radius 3 is 2.46 bits per heavy atom. The molecule has 0 aliphatic heterocycles. The van der Waals surface area contributed by atoms with E-state index in [1.54, 1.807) is 6.20 Å². The number of carbonyl (C=O) groups is 1. The minimum Gasteiger partial charge on any atom is -0.360 e. The van der Waals surface area contributed by atoms with Gasteiger partial charge in [-0.3, -0.25) is 4.79 Å². The van der Waals surface area contributed by atoms with Gasteiger partial charge in [0.15, 0.2) is 5.78 Å². The van der Waals surface area contributed by atoms with Gasteiger partial charge in [0, 0.05) is 34.2 Å². The number of benzene rings is 3. The van der Waals surface area contributed by atoms with Crippen LogP contribution in [0.15, 0.2) is 85.1 Å².